The minimum atomic E-state index is -10.1. The first-order valence-electron chi connectivity index (χ1n) is 6.34. The first-order valence-corrected chi connectivity index (χ1v) is 10.9. The van der Waals surface area contributed by atoms with Gasteiger partial charge in [0.05, 0.1) is 16.3 Å². The molecule has 16 heteroatoms. The summed E-state index contributed by atoms with van der Waals surface area (Å²) in [6, 6.07) is 1.38. The lowest BCUT2D eigenvalue weighted by atomic mass is 10.3. The summed E-state index contributed by atoms with van der Waals surface area (Å²) >= 11 is 11.3. The van der Waals surface area contributed by atoms with E-state index in [0.29, 0.717) is 4.68 Å². The maximum atomic E-state index is 12.9. The van der Waals surface area contributed by atoms with E-state index in [-0.39, 0.29) is 12.1 Å². The molecule has 0 bridgehead atoms. The highest BCUT2D eigenvalue weighted by atomic mass is 35.5. The Bertz CT molecular complexity index is 1090. The van der Waals surface area contributed by atoms with Gasteiger partial charge in [-0.25, -0.2) is 13.1 Å². The number of nitrogens with one attached hydrogen (secondary N) is 1. The summed E-state index contributed by atoms with van der Waals surface area (Å²) in [4.78, 5) is -2.34. The van der Waals surface area contributed by atoms with E-state index < -0.39 is 58.1 Å². The summed E-state index contributed by atoms with van der Waals surface area (Å²) in [5.74, 6) is -0.555. The highest BCUT2D eigenvalue weighted by Crippen LogP contribution is 3.02. The molecular formula is C11H8Cl2F5N5O2S2. The van der Waals surface area contributed by atoms with Crippen LogP contribution in [0.15, 0.2) is 17.0 Å². The van der Waals surface area contributed by atoms with Crippen molar-refractivity contribution >= 4 is 55.0 Å². The molecule has 1 aromatic carbocycles. The molecule has 150 valence electrons. The van der Waals surface area contributed by atoms with Crippen molar-refractivity contribution in [3.63, 3.8) is 0 Å². The Hall–Kier alpha value is -1.95. The number of nitriles is 1. The Labute approximate surface area is 159 Å². The maximum Gasteiger partial charge on any atom is 0.310 e. The molecule has 27 heavy (non-hydrogen) atoms. The first kappa shape index (κ1) is 21.4. The fraction of sp³-hybridized carbons (Fsp3) is 0.0909. The molecule has 1 heterocycles. The van der Waals surface area contributed by atoms with Crippen molar-refractivity contribution in [1.29, 1.82) is 5.26 Å². The molecule has 0 aliphatic heterocycles. The summed E-state index contributed by atoms with van der Waals surface area (Å²) < 4.78 is 89.9. The number of rotatable bonds is 4. The zero-order valence-electron chi connectivity index (χ0n) is 12.9. The molecular weight excluding hydrogens is 464 g/mol. The number of aromatic nitrogens is 2. The monoisotopic (exact) mass is 471 g/mol. The van der Waals surface area contributed by atoms with E-state index in [2.05, 4.69) is 5.10 Å². The largest absolute Gasteiger partial charge is 0.382 e. The molecule has 0 amide bonds. The van der Waals surface area contributed by atoms with Crippen LogP contribution in [-0.4, -0.2) is 24.5 Å². The van der Waals surface area contributed by atoms with Gasteiger partial charge < -0.3 is 5.73 Å². The lowest BCUT2D eigenvalue weighted by Crippen LogP contribution is -2.12. The van der Waals surface area contributed by atoms with Gasteiger partial charge in [0.15, 0.2) is 11.5 Å². The van der Waals surface area contributed by atoms with E-state index in [9.17, 15) is 27.8 Å². The molecule has 0 saturated carbocycles. The summed E-state index contributed by atoms with van der Waals surface area (Å²) in [6.07, 6.45) is 0.744. The van der Waals surface area contributed by atoms with Crippen LogP contribution in [0.25, 0.3) is 5.69 Å². The third kappa shape index (κ3) is 4.49. The molecule has 0 unspecified atom stereocenters. The number of hydrogen-bond acceptors (Lipinski definition) is 5. The molecule has 0 saturated heterocycles. The third-order valence-electron chi connectivity index (χ3n) is 2.96. The molecule has 0 aliphatic rings. The first-order chi connectivity index (χ1) is 11.8. The van der Waals surface area contributed by atoms with Crippen LogP contribution in [0, 0.1) is 11.3 Å². The van der Waals surface area contributed by atoms with Crippen molar-refractivity contribution in [2.45, 2.75) is 4.90 Å². The molecule has 0 spiro atoms. The molecule has 0 fully saturated rings. The second kappa shape index (κ2) is 5.53. The predicted octanol–water partition coefficient (Wildman–Crippen LogP) is 4.66. The number of nitrogens with zero attached hydrogens (tertiary/aromatic N) is 3. The van der Waals surface area contributed by atoms with Crippen molar-refractivity contribution < 1.29 is 27.8 Å². The fourth-order valence-electron chi connectivity index (χ4n) is 1.93. The maximum absolute atomic E-state index is 12.9. The lowest BCUT2D eigenvalue weighted by molar-refractivity contribution is 0.364. The summed E-state index contributed by atoms with van der Waals surface area (Å²) in [7, 11) is -14.0. The number of nitrogens with two attached hydrogens (primary N) is 1. The van der Waals surface area contributed by atoms with Crippen molar-refractivity contribution in [1.82, 2.24) is 9.78 Å². The highest BCUT2D eigenvalue weighted by molar-refractivity contribution is 8.45. The molecule has 2 rings (SSSR count). The Balaban J connectivity index is 2.77. The van der Waals surface area contributed by atoms with Gasteiger partial charge in [-0.3, -0.25) is 4.72 Å². The van der Waals surface area contributed by atoms with Crippen LogP contribution in [0.3, 0.4) is 0 Å². The molecule has 0 atom stereocenters. The summed E-state index contributed by atoms with van der Waals surface area (Å²) in [6.45, 7) is 0. The van der Waals surface area contributed by atoms with E-state index in [1.165, 1.54) is 6.07 Å². The number of halogens is 7. The van der Waals surface area contributed by atoms with Gasteiger partial charge in [-0.05, 0) is 12.1 Å². The average Bonchev–Trinajstić information content (AvgIpc) is 2.71. The van der Waals surface area contributed by atoms with Gasteiger partial charge in [-0.2, -0.15) is 10.4 Å². The van der Waals surface area contributed by atoms with Gasteiger partial charge in [0.1, 0.15) is 22.3 Å². The fourth-order valence-corrected chi connectivity index (χ4v) is 3.96. The van der Waals surface area contributed by atoms with Crippen LogP contribution >= 0.6 is 33.4 Å². The second-order valence-electron chi connectivity index (χ2n) is 5.21. The van der Waals surface area contributed by atoms with Crippen LogP contribution in [-0.2, 0) is 10.0 Å². The quantitative estimate of drug-likeness (QED) is 0.629. The number of anilines is 2. The normalized spacial score (nSPS) is 14.9. The van der Waals surface area contributed by atoms with Gasteiger partial charge in [0.2, 0.25) is 10.0 Å². The standard InChI is InChI=1S/C11H8Cl2F5N5O2S2/c1-26(24,25)22-9-8(4-19)21-23(11(9)20)10-6(12)2-5(3-7(10)13)27(14,15,16,17)18/h2-3,22H,20H2,1H3. The van der Waals surface area contributed by atoms with Gasteiger partial charge in [0, 0.05) is 0 Å². The minimum absolute atomic E-state index is 0.0683. The van der Waals surface area contributed by atoms with Gasteiger partial charge >= 0.3 is 10.2 Å². The molecule has 0 aliphatic carbocycles. The van der Waals surface area contributed by atoms with Gasteiger partial charge in [-0.1, -0.05) is 42.6 Å². The second-order valence-corrected chi connectivity index (χ2v) is 10.2. The number of nitrogen functional groups attached to an aromatic ring is 1. The molecule has 3 N–H and O–H groups in total. The highest BCUT2D eigenvalue weighted by Gasteiger charge is 2.65. The van der Waals surface area contributed by atoms with Crippen LogP contribution < -0.4 is 10.5 Å². The Morgan fingerprint density at radius 2 is 1.70 bits per heavy atom. The topological polar surface area (TPSA) is 114 Å². The van der Waals surface area contributed by atoms with Crippen molar-refractivity contribution in [2.24, 2.45) is 0 Å². The van der Waals surface area contributed by atoms with Crippen molar-refractivity contribution in [2.75, 3.05) is 16.7 Å². The summed E-state index contributed by atoms with van der Waals surface area (Å²) in [5, 5.41) is 10.8. The van der Waals surface area contributed by atoms with E-state index in [1.54, 1.807) is 0 Å². The van der Waals surface area contributed by atoms with Crippen molar-refractivity contribution in [3.8, 4) is 11.8 Å². The van der Waals surface area contributed by atoms with Crippen LogP contribution in [0.2, 0.25) is 10.0 Å². The number of sulfonamides is 1. The molecule has 1 aromatic heterocycles. The minimum Gasteiger partial charge on any atom is -0.382 e. The van der Waals surface area contributed by atoms with Crippen molar-refractivity contribution in [3.05, 3.63) is 27.9 Å². The zero-order valence-corrected chi connectivity index (χ0v) is 16.0. The van der Waals surface area contributed by atoms with Crippen LogP contribution in [0.4, 0.5) is 30.9 Å². The average molecular weight is 472 g/mol. The molecule has 0 radical (unpaired) electrons. The summed E-state index contributed by atoms with van der Waals surface area (Å²) in [5.41, 5.74) is 4.08. The van der Waals surface area contributed by atoms with Gasteiger partial charge in [-0.15, -0.1) is 0 Å². The predicted molar refractivity (Wildman–Crippen MR) is 92.6 cm³/mol. The smallest absolute Gasteiger partial charge is 0.310 e. The third-order valence-corrected chi connectivity index (χ3v) is 5.24. The van der Waals surface area contributed by atoms with Crippen LogP contribution in [0.1, 0.15) is 5.69 Å². The lowest BCUT2D eigenvalue weighted by Gasteiger charge is -2.40. The SMILES string of the molecule is CS(=O)(=O)Nc1c(C#N)nn(-c2c(Cl)cc(S(F)(F)(F)(F)F)cc2Cl)c1N. The molecule has 7 nitrogen and oxygen atoms in total. The Kier molecular flexibility index (Phi) is 4.38. The van der Waals surface area contributed by atoms with E-state index in [0.717, 1.165) is 6.26 Å². The molecule has 2 aromatic rings. The Morgan fingerprint density at radius 3 is 2.07 bits per heavy atom. The van der Waals surface area contributed by atoms with E-state index in [1.807, 2.05) is 4.72 Å². The number of benzene rings is 1. The van der Waals surface area contributed by atoms with E-state index in [4.69, 9.17) is 34.2 Å². The van der Waals surface area contributed by atoms with E-state index >= 15 is 0 Å². The number of hydrogen-bond donors (Lipinski definition) is 2. The Morgan fingerprint density at radius 1 is 1.22 bits per heavy atom. The van der Waals surface area contributed by atoms with Gasteiger partial charge in [0.25, 0.3) is 0 Å². The zero-order chi connectivity index (χ0) is 21.1. The van der Waals surface area contributed by atoms with Crippen LogP contribution in [0.5, 0.6) is 0 Å².